The average molecular weight is 369 g/mol. The molecule has 1 atom stereocenters. The van der Waals surface area contributed by atoms with Gasteiger partial charge in [0.05, 0.1) is 0 Å². The minimum atomic E-state index is -0.609. The zero-order valence-electron chi connectivity index (χ0n) is 17.1. The van der Waals surface area contributed by atoms with Gasteiger partial charge in [0.15, 0.2) is 0 Å². The number of hydrogen-bond donors (Lipinski definition) is 0. The van der Waals surface area contributed by atoms with Crippen molar-refractivity contribution in [2.75, 3.05) is 26.0 Å². The Balaban J connectivity index is 2.10. The van der Waals surface area contributed by atoms with Crippen LogP contribution >= 0.6 is 0 Å². The number of imide groups is 2. The van der Waals surface area contributed by atoms with Crippen molar-refractivity contribution < 1.29 is 14.4 Å². The largest absolute Gasteiger partial charge is 0.369 e. The van der Waals surface area contributed by atoms with Crippen LogP contribution in [0.4, 0.5) is 10.5 Å². The molecule has 0 radical (unpaired) electrons. The third-order valence-corrected chi connectivity index (χ3v) is 5.97. The van der Waals surface area contributed by atoms with Crippen molar-refractivity contribution in [2.45, 2.75) is 45.6 Å². The van der Waals surface area contributed by atoms with Gasteiger partial charge in [-0.1, -0.05) is 6.92 Å². The molecule has 0 aliphatic carbocycles. The van der Waals surface area contributed by atoms with Gasteiger partial charge in [0.1, 0.15) is 5.57 Å². The number of carbonyl (C=O) groups excluding carboxylic acids is 3. The van der Waals surface area contributed by atoms with E-state index in [0.29, 0.717) is 5.92 Å². The molecule has 1 aromatic rings. The first-order chi connectivity index (χ1) is 12.5. The summed E-state index contributed by atoms with van der Waals surface area (Å²) in [6.07, 6.45) is 2.64. The number of carbonyl (C=O) groups is 3. The highest BCUT2D eigenvalue weighted by Crippen LogP contribution is 2.43. The number of urea groups is 1. The fraction of sp³-hybridized carbons (Fsp3) is 0.476. The van der Waals surface area contributed by atoms with E-state index >= 15 is 0 Å². The van der Waals surface area contributed by atoms with Gasteiger partial charge in [-0.25, -0.2) is 4.79 Å². The molecule has 0 N–H and O–H groups in total. The molecule has 144 valence electrons. The summed E-state index contributed by atoms with van der Waals surface area (Å²) in [5.74, 6) is -0.758. The number of barbiturate groups is 1. The Hall–Kier alpha value is -2.63. The molecule has 0 aromatic heterocycles. The van der Waals surface area contributed by atoms with E-state index in [0.717, 1.165) is 27.3 Å². The maximum Gasteiger partial charge on any atom is 0.333 e. The minimum absolute atomic E-state index is 0.0137. The predicted octanol–water partition coefficient (Wildman–Crippen LogP) is 3.15. The highest BCUT2D eigenvalue weighted by molar-refractivity contribution is 6.30. The molecule has 0 bridgehead atoms. The van der Waals surface area contributed by atoms with Crippen molar-refractivity contribution in [3.8, 4) is 0 Å². The maximum atomic E-state index is 12.5. The molecule has 1 fully saturated rings. The van der Waals surface area contributed by atoms with Gasteiger partial charge < -0.3 is 4.90 Å². The molecule has 6 heteroatoms. The van der Waals surface area contributed by atoms with Crippen LogP contribution in [0.5, 0.6) is 0 Å². The topological polar surface area (TPSA) is 60.9 Å². The minimum Gasteiger partial charge on any atom is -0.369 e. The third kappa shape index (κ3) is 2.93. The second-order valence-electron chi connectivity index (χ2n) is 8.31. The summed E-state index contributed by atoms with van der Waals surface area (Å²) in [5.41, 5.74) is 4.30. The van der Waals surface area contributed by atoms with Crippen LogP contribution in [-0.4, -0.2) is 54.3 Å². The van der Waals surface area contributed by atoms with Crippen molar-refractivity contribution >= 4 is 29.6 Å². The van der Waals surface area contributed by atoms with E-state index in [9.17, 15) is 14.4 Å². The van der Waals surface area contributed by atoms with Crippen molar-refractivity contribution in [1.29, 1.82) is 0 Å². The van der Waals surface area contributed by atoms with Crippen LogP contribution in [0.25, 0.3) is 6.08 Å². The number of benzene rings is 1. The molecule has 1 saturated heterocycles. The molecule has 2 heterocycles. The number of rotatable bonds is 1. The van der Waals surface area contributed by atoms with Crippen LogP contribution in [0.15, 0.2) is 17.7 Å². The number of nitrogens with zero attached hydrogens (tertiary/aromatic N) is 3. The number of amides is 4. The molecule has 2 aliphatic heterocycles. The summed E-state index contributed by atoms with van der Waals surface area (Å²) in [4.78, 5) is 41.1. The highest BCUT2D eigenvalue weighted by atomic mass is 16.2. The Morgan fingerprint density at radius 2 is 1.59 bits per heavy atom. The zero-order valence-corrected chi connectivity index (χ0v) is 17.1. The quantitative estimate of drug-likeness (QED) is 0.564. The van der Waals surface area contributed by atoms with E-state index in [1.807, 2.05) is 6.92 Å². The summed E-state index contributed by atoms with van der Waals surface area (Å²) < 4.78 is 0. The first-order valence-electron chi connectivity index (χ1n) is 9.16. The fourth-order valence-electron chi connectivity index (χ4n) is 4.02. The van der Waals surface area contributed by atoms with Gasteiger partial charge in [0, 0.05) is 32.4 Å². The molecule has 3 rings (SSSR count). The Kier molecular flexibility index (Phi) is 4.41. The highest BCUT2D eigenvalue weighted by Gasteiger charge is 2.38. The summed E-state index contributed by atoms with van der Waals surface area (Å²) in [5, 5.41) is 0. The second kappa shape index (κ2) is 6.22. The molecule has 27 heavy (non-hydrogen) atoms. The zero-order chi connectivity index (χ0) is 20.3. The van der Waals surface area contributed by atoms with Crippen LogP contribution in [0.1, 0.15) is 49.8 Å². The lowest BCUT2D eigenvalue weighted by atomic mass is 9.79. The van der Waals surface area contributed by atoms with Crippen LogP contribution < -0.4 is 4.90 Å². The molecule has 1 aromatic carbocycles. The summed E-state index contributed by atoms with van der Waals surface area (Å²) in [6.45, 7) is 8.65. The molecular weight excluding hydrogens is 342 g/mol. The fourth-order valence-corrected chi connectivity index (χ4v) is 4.02. The third-order valence-electron chi connectivity index (χ3n) is 5.97. The number of likely N-dealkylation sites (N-methyl/N-ethyl adjacent to an activating group) is 2. The van der Waals surface area contributed by atoms with E-state index in [4.69, 9.17) is 0 Å². The summed E-state index contributed by atoms with van der Waals surface area (Å²) in [7, 11) is 4.88. The van der Waals surface area contributed by atoms with E-state index in [1.165, 1.54) is 25.3 Å². The summed E-state index contributed by atoms with van der Waals surface area (Å²) in [6, 6.07) is 3.59. The van der Waals surface area contributed by atoms with Crippen LogP contribution in [0, 0.1) is 6.92 Å². The molecule has 0 spiro atoms. The average Bonchev–Trinajstić information content (AvgIpc) is 2.60. The van der Waals surface area contributed by atoms with E-state index < -0.39 is 17.8 Å². The second-order valence-corrected chi connectivity index (χ2v) is 8.31. The van der Waals surface area contributed by atoms with Gasteiger partial charge in [0.25, 0.3) is 11.8 Å². The smallest absolute Gasteiger partial charge is 0.333 e. The van der Waals surface area contributed by atoms with Crippen molar-refractivity contribution in [3.63, 3.8) is 0 Å². The Morgan fingerprint density at radius 3 is 2.15 bits per heavy atom. The van der Waals surface area contributed by atoms with Crippen molar-refractivity contribution in [1.82, 2.24) is 9.80 Å². The van der Waals surface area contributed by atoms with Gasteiger partial charge in [0.2, 0.25) is 0 Å². The predicted molar refractivity (Wildman–Crippen MR) is 106 cm³/mol. The van der Waals surface area contributed by atoms with Gasteiger partial charge in [-0.15, -0.1) is 0 Å². The van der Waals surface area contributed by atoms with Gasteiger partial charge in [-0.2, -0.15) is 0 Å². The monoisotopic (exact) mass is 369 g/mol. The SMILES string of the molecule is Cc1cc2c(cc1C=C1C(=O)N(C)C(=O)N(C)C1=O)[C@H](C)CC(C)(C)N2C. The standard InChI is InChI=1S/C21H27N3O3/c1-12-8-17-15(13(2)11-21(3,4)24(17)7)9-14(12)10-16-18(25)22(5)20(27)23(6)19(16)26/h8-10,13H,11H2,1-7H3/t13-/m1/s1. The molecule has 0 unspecified atom stereocenters. The molecule has 6 nitrogen and oxygen atoms in total. The Bertz CT molecular complexity index is 859. The molecule has 4 amide bonds. The molecule has 2 aliphatic rings. The lowest BCUT2D eigenvalue weighted by Gasteiger charge is -2.45. The van der Waals surface area contributed by atoms with Crippen LogP contribution in [0.2, 0.25) is 0 Å². The Morgan fingerprint density at radius 1 is 1.04 bits per heavy atom. The first kappa shape index (κ1) is 19.1. The van der Waals surface area contributed by atoms with E-state index in [-0.39, 0.29) is 11.1 Å². The van der Waals surface area contributed by atoms with Crippen molar-refractivity contribution in [3.05, 3.63) is 34.4 Å². The van der Waals surface area contributed by atoms with Crippen molar-refractivity contribution in [2.24, 2.45) is 0 Å². The number of fused-ring (bicyclic) bond motifs is 1. The van der Waals surface area contributed by atoms with Crippen LogP contribution in [-0.2, 0) is 9.59 Å². The van der Waals surface area contributed by atoms with Crippen LogP contribution in [0.3, 0.4) is 0 Å². The van der Waals surface area contributed by atoms with Gasteiger partial charge in [-0.05, 0) is 68.0 Å². The molecular formula is C21H27N3O3. The Labute approximate surface area is 160 Å². The molecule has 0 saturated carbocycles. The first-order valence-corrected chi connectivity index (χ1v) is 9.16. The number of aryl methyl sites for hydroxylation is 1. The lowest BCUT2D eigenvalue weighted by molar-refractivity contribution is -0.134. The van der Waals surface area contributed by atoms with E-state index in [1.54, 1.807) is 6.08 Å². The number of hydrogen-bond acceptors (Lipinski definition) is 4. The normalized spacial score (nSPS) is 22.3. The lowest BCUT2D eigenvalue weighted by Crippen LogP contribution is -2.52. The maximum absolute atomic E-state index is 12.5. The summed E-state index contributed by atoms with van der Waals surface area (Å²) >= 11 is 0. The van der Waals surface area contributed by atoms with E-state index in [2.05, 4.69) is 44.9 Å². The van der Waals surface area contributed by atoms with Gasteiger partial charge >= 0.3 is 6.03 Å². The number of anilines is 1. The van der Waals surface area contributed by atoms with Gasteiger partial charge in [-0.3, -0.25) is 19.4 Å².